The van der Waals surface area contributed by atoms with Crippen LogP contribution in [0.15, 0.2) is 34.4 Å². The van der Waals surface area contributed by atoms with Gasteiger partial charge in [-0.2, -0.15) is 4.52 Å². The van der Waals surface area contributed by atoms with Gasteiger partial charge >= 0.3 is 0 Å². The standard InChI is InChI=1S/C15H12N4O3S2/c1-21-8-3-4-11(22-2)10(7-8)16-14-18-19-13(20)12-9(5-6-23-12)17-15(19)24-14/h3-7H,1-2H3,(H,16,18). The Morgan fingerprint density at radius 3 is 2.88 bits per heavy atom. The van der Waals surface area contributed by atoms with Gasteiger partial charge in [0.2, 0.25) is 10.1 Å². The highest BCUT2D eigenvalue weighted by molar-refractivity contribution is 7.20. The van der Waals surface area contributed by atoms with Crippen molar-refractivity contribution < 1.29 is 9.47 Å². The summed E-state index contributed by atoms with van der Waals surface area (Å²) in [5.41, 5.74) is 1.23. The Hall–Kier alpha value is -2.65. The van der Waals surface area contributed by atoms with E-state index in [-0.39, 0.29) is 5.56 Å². The number of hydrogen-bond donors (Lipinski definition) is 1. The van der Waals surface area contributed by atoms with Crippen LogP contribution < -0.4 is 20.3 Å². The lowest BCUT2D eigenvalue weighted by atomic mass is 10.3. The van der Waals surface area contributed by atoms with Gasteiger partial charge < -0.3 is 14.8 Å². The molecule has 0 amide bonds. The lowest BCUT2D eigenvalue weighted by Gasteiger charge is -2.10. The highest BCUT2D eigenvalue weighted by Gasteiger charge is 2.13. The van der Waals surface area contributed by atoms with Crippen LogP contribution in [0, 0.1) is 0 Å². The van der Waals surface area contributed by atoms with E-state index in [4.69, 9.17) is 9.47 Å². The highest BCUT2D eigenvalue weighted by Crippen LogP contribution is 2.32. The first-order valence-electron chi connectivity index (χ1n) is 6.96. The fourth-order valence-electron chi connectivity index (χ4n) is 2.31. The molecular formula is C15H12N4O3S2. The number of benzene rings is 1. The van der Waals surface area contributed by atoms with E-state index in [0.29, 0.717) is 37.5 Å². The van der Waals surface area contributed by atoms with Crippen LogP contribution in [0.1, 0.15) is 0 Å². The molecule has 0 saturated heterocycles. The van der Waals surface area contributed by atoms with Gasteiger partial charge in [0, 0.05) is 6.07 Å². The summed E-state index contributed by atoms with van der Waals surface area (Å²) in [5.74, 6) is 1.34. The van der Waals surface area contributed by atoms with Crippen molar-refractivity contribution in [3.63, 3.8) is 0 Å². The van der Waals surface area contributed by atoms with Crippen LogP contribution in [0.4, 0.5) is 10.8 Å². The van der Waals surface area contributed by atoms with E-state index in [9.17, 15) is 4.79 Å². The Morgan fingerprint density at radius 1 is 1.21 bits per heavy atom. The van der Waals surface area contributed by atoms with Crippen LogP contribution >= 0.6 is 22.7 Å². The van der Waals surface area contributed by atoms with Crippen LogP contribution in [0.3, 0.4) is 0 Å². The molecule has 0 aliphatic heterocycles. The van der Waals surface area contributed by atoms with Crippen molar-refractivity contribution in [2.45, 2.75) is 0 Å². The number of anilines is 2. The maximum Gasteiger partial charge on any atom is 0.293 e. The Labute approximate surface area is 144 Å². The average Bonchev–Trinajstić information content (AvgIpc) is 3.22. The molecule has 3 aromatic heterocycles. The minimum absolute atomic E-state index is 0.160. The van der Waals surface area contributed by atoms with Gasteiger partial charge in [-0.15, -0.1) is 16.4 Å². The fraction of sp³-hybridized carbons (Fsp3) is 0.133. The molecule has 0 spiro atoms. The first-order chi connectivity index (χ1) is 11.7. The third-order valence-electron chi connectivity index (χ3n) is 3.46. The second-order valence-corrected chi connectivity index (χ2v) is 6.72. The van der Waals surface area contributed by atoms with Crippen molar-refractivity contribution in [3.05, 3.63) is 40.0 Å². The van der Waals surface area contributed by atoms with E-state index in [1.807, 2.05) is 17.5 Å². The van der Waals surface area contributed by atoms with Crippen LogP contribution in [0.2, 0.25) is 0 Å². The molecular weight excluding hydrogens is 348 g/mol. The Kier molecular flexibility index (Phi) is 3.58. The molecule has 122 valence electrons. The number of aromatic nitrogens is 3. The molecule has 24 heavy (non-hydrogen) atoms. The quantitative estimate of drug-likeness (QED) is 0.602. The third-order valence-corrected chi connectivity index (χ3v) is 5.17. The minimum atomic E-state index is -0.160. The van der Waals surface area contributed by atoms with Crippen LogP contribution in [0.5, 0.6) is 11.5 Å². The van der Waals surface area contributed by atoms with Crippen LogP contribution in [-0.2, 0) is 0 Å². The van der Waals surface area contributed by atoms with E-state index in [1.54, 1.807) is 26.4 Å². The predicted octanol–water partition coefficient (Wildman–Crippen LogP) is 3.13. The van der Waals surface area contributed by atoms with E-state index in [1.165, 1.54) is 27.2 Å². The molecule has 0 saturated carbocycles. The summed E-state index contributed by atoms with van der Waals surface area (Å²) in [6, 6.07) is 7.25. The lowest BCUT2D eigenvalue weighted by molar-refractivity contribution is 0.405. The zero-order valence-corrected chi connectivity index (χ0v) is 14.4. The molecule has 9 heteroatoms. The molecule has 4 rings (SSSR count). The van der Waals surface area contributed by atoms with Gasteiger partial charge in [-0.1, -0.05) is 11.3 Å². The fourth-order valence-corrected chi connectivity index (χ4v) is 3.88. The molecule has 4 aromatic rings. The average molecular weight is 360 g/mol. The van der Waals surface area contributed by atoms with Crippen molar-refractivity contribution in [1.82, 2.24) is 14.6 Å². The summed E-state index contributed by atoms with van der Waals surface area (Å²) >= 11 is 2.66. The number of hydrogen-bond acceptors (Lipinski definition) is 8. The molecule has 0 atom stereocenters. The van der Waals surface area contributed by atoms with E-state index >= 15 is 0 Å². The van der Waals surface area contributed by atoms with Crippen LogP contribution in [0.25, 0.3) is 15.2 Å². The zero-order valence-electron chi connectivity index (χ0n) is 12.8. The Morgan fingerprint density at radius 2 is 2.08 bits per heavy atom. The van der Waals surface area contributed by atoms with Gasteiger partial charge in [0.25, 0.3) is 5.56 Å². The minimum Gasteiger partial charge on any atom is -0.497 e. The van der Waals surface area contributed by atoms with Crippen molar-refractivity contribution in [2.75, 3.05) is 19.5 Å². The molecule has 1 aromatic carbocycles. The second kappa shape index (κ2) is 5.77. The summed E-state index contributed by atoms with van der Waals surface area (Å²) in [7, 11) is 3.19. The first-order valence-corrected chi connectivity index (χ1v) is 8.65. The summed E-state index contributed by atoms with van der Waals surface area (Å²) < 4.78 is 12.5. The number of ether oxygens (including phenoxy) is 2. The van der Waals surface area contributed by atoms with Crippen LogP contribution in [-0.4, -0.2) is 28.8 Å². The van der Waals surface area contributed by atoms with E-state index in [0.717, 1.165) is 0 Å². The van der Waals surface area contributed by atoms with Gasteiger partial charge in [-0.25, -0.2) is 4.98 Å². The van der Waals surface area contributed by atoms with Gasteiger partial charge in [0.05, 0.1) is 25.4 Å². The normalized spacial score (nSPS) is 11.1. The van der Waals surface area contributed by atoms with Crippen molar-refractivity contribution >= 4 is 48.7 Å². The Balaban J connectivity index is 1.80. The maximum atomic E-state index is 12.4. The molecule has 0 bridgehead atoms. The van der Waals surface area contributed by atoms with E-state index < -0.39 is 0 Å². The molecule has 1 N–H and O–H groups in total. The first kappa shape index (κ1) is 14.9. The summed E-state index contributed by atoms with van der Waals surface area (Å²) in [6.45, 7) is 0. The lowest BCUT2D eigenvalue weighted by Crippen LogP contribution is -2.13. The van der Waals surface area contributed by atoms with Gasteiger partial charge in [0.1, 0.15) is 16.2 Å². The third kappa shape index (κ3) is 2.38. The molecule has 3 heterocycles. The number of fused-ring (bicyclic) bond motifs is 2. The molecule has 0 aliphatic carbocycles. The summed E-state index contributed by atoms with van der Waals surface area (Å²) in [5, 5.41) is 9.89. The molecule has 0 radical (unpaired) electrons. The van der Waals surface area contributed by atoms with Crippen molar-refractivity contribution in [2.24, 2.45) is 0 Å². The number of methoxy groups -OCH3 is 2. The van der Waals surface area contributed by atoms with Gasteiger partial charge in [-0.05, 0) is 23.6 Å². The zero-order chi connectivity index (χ0) is 16.7. The van der Waals surface area contributed by atoms with Gasteiger partial charge in [-0.3, -0.25) is 4.79 Å². The smallest absolute Gasteiger partial charge is 0.293 e. The topological polar surface area (TPSA) is 77.8 Å². The summed E-state index contributed by atoms with van der Waals surface area (Å²) in [6.07, 6.45) is 0. The monoisotopic (exact) mass is 360 g/mol. The molecule has 0 fully saturated rings. The Bertz CT molecular complexity index is 1100. The number of rotatable bonds is 4. The molecule has 0 aliphatic rings. The number of nitrogens with one attached hydrogen (secondary N) is 1. The van der Waals surface area contributed by atoms with Crippen molar-refractivity contribution in [1.29, 1.82) is 0 Å². The second-order valence-electron chi connectivity index (χ2n) is 4.84. The summed E-state index contributed by atoms with van der Waals surface area (Å²) in [4.78, 5) is 17.5. The predicted molar refractivity (Wildman–Crippen MR) is 95.3 cm³/mol. The van der Waals surface area contributed by atoms with Gasteiger partial charge in [0.15, 0.2) is 0 Å². The molecule has 0 unspecified atom stereocenters. The number of nitrogens with zero attached hydrogens (tertiary/aromatic N) is 3. The maximum absolute atomic E-state index is 12.4. The van der Waals surface area contributed by atoms with E-state index in [2.05, 4.69) is 15.4 Å². The molecule has 7 nitrogen and oxygen atoms in total. The SMILES string of the molecule is COc1ccc(OC)c(Nc2nn3c(=O)c4sccc4nc3s2)c1. The number of thiophene rings is 1. The highest BCUT2D eigenvalue weighted by atomic mass is 32.1. The largest absolute Gasteiger partial charge is 0.497 e. The van der Waals surface area contributed by atoms with Crippen molar-refractivity contribution in [3.8, 4) is 11.5 Å².